The van der Waals surface area contributed by atoms with Crippen LogP contribution in [0.4, 0.5) is 5.69 Å². The van der Waals surface area contributed by atoms with Gasteiger partial charge in [-0.05, 0) is 42.3 Å². The Balaban J connectivity index is 1.79. The molecule has 27 heavy (non-hydrogen) atoms. The fourth-order valence-corrected chi connectivity index (χ4v) is 3.72. The second-order valence-corrected chi connectivity index (χ2v) is 6.89. The molecule has 140 valence electrons. The minimum Gasteiger partial charge on any atom is -0.468 e. The van der Waals surface area contributed by atoms with Gasteiger partial charge in [0, 0.05) is 36.9 Å². The van der Waals surface area contributed by atoms with Crippen molar-refractivity contribution in [2.45, 2.75) is 12.5 Å². The Bertz CT molecular complexity index is 832. The van der Waals surface area contributed by atoms with Gasteiger partial charge in [0.05, 0.1) is 18.7 Å². The zero-order chi connectivity index (χ0) is 19.2. The van der Waals surface area contributed by atoms with E-state index in [1.807, 2.05) is 42.5 Å². The number of hydrogen-bond donors (Lipinski definition) is 0. The number of esters is 1. The van der Waals surface area contributed by atoms with Gasteiger partial charge >= 0.3 is 5.97 Å². The van der Waals surface area contributed by atoms with Gasteiger partial charge in [0.25, 0.3) is 0 Å². The number of halogens is 1. The van der Waals surface area contributed by atoms with Crippen LogP contribution in [0.1, 0.15) is 23.6 Å². The molecule has 0 N–H and O–H groups in total. The molecule has 1 aliphatic rings. The predicted octanol–water partition coefficient (Wildman–Crippen LogP) is 3.64. The summed E-state index contributed by atoms with van der Waals surface area (Å²) in [4.78, 5) is 16.9. The quantitative estimate of drug-likeness (QED) is 0.754. The third-order valence-corrected chi connectivity index (χ3v) is 5.23. The number of anilines is 1. The zero-order valence-electron chi connectivity index (χ0n) is 15.3. The maximum absolute atomic E-state index is 12.5. The Morgan fingerprint density at radius 2 is 1.85 bits per heavy atom. The number of rotatable bonds is 4. The van der Waals surface area contributed by atoms with Crippen molar-refractivity contribution in [3.8, 4) is 6.07 Å². The average Bonchev–Trinajstić information content (AvgIpc) is 2.96. The number of nitriles is 1. The Morgan fingerprint density at radius 3 is 2.52 bits per heavy atom. The second kappa shape index (κ2) is 8.90. The van der Waals surface area contributed by atoms with Crippen LogP contribution in [-0.4, -0.2) is 44.2 Å². The number of carbonyl (C=O) groups is 1. The minimum atomic E-state index is -0.510. The first-order valence-electron chi connectivity index (χ1n) is 8.95. The molecule has 5 nitrogen and oxygen atoms in total. The van der Waals surface area contributed by atoms with E-state index in [1.54, 1.807) is 6.07 Å². The van der Waals surface area contributed by atoms with Crippen LogP contribution in [0.25, 0.3) is 0 Å². The van der Waals surface area contributed by atoms with Crippen molar-refractivity contribution in [1.29, 1.82) is 5.26 Å². The number of nitrogens with zero attached hydrogens (tertiary/aromatic N) is 3. The lowest BCUT2D eigenvalue weighted by atomic mass is 10.0. The van der Waals surface area contributed by atoms with Crippen molar-refractivity contribution in [1.82, 2.24) is 4.90 Å². The van der Waals surface area contributed by atoms with Gasteiger partial charge in [-0.2, -0.15) is 5.26 Å². The molecule has 1 unspecified atom stereocenters. The first-order valence-corrected chi connectivity index (χ1v) is 9.33. The van der Waals surface area contributed by atoms with E-state index >= 15 is 0 Å². The summed E-state index contributed by atoms with van der Waals surface area (Å²) in [6.45, 7) is 3.16. The van der Waals surface area contributed by atoms with Crippen LogP contribution in [0.5, 0.6) is 0 Å². The highest BCUT2D eigenvalue weighted by atomic mass is 35.5. The molecule has 3 rings (SSSR count). The number of methoxy groups -OCH3 is 1. The van der Waals surface area contributed by atoms with E-state index in [0.717, 1.165) is 37.3 Å². The highest BCUT2D eigenvalue weighted by Crippen LogP contribution is 2.30. The molecule has 0 bridgehead atoms. The van der Waals surface area contributed by atoms with Gasteiger partial charge in [0.15, 0.2) is 0 Å². The van der Waals surface area contributed by atoms with E-state index in [1.165, 1.54) is 7.11 Å². The lowest BCUT2D eigenvalue weighted by molar-refractivity contribution is -0.147. The summed E-state index contributed by atoms with van der Waals surface area (Å²) >= 11 is 6.36. The molecular formula is C21H22ClN3O2. The van der Waals surface area contributed by atoms with Gasteiger partial charge < -0.3 is 9.64 Å². The molecule has 0 aromatic heterocycles. The average molecular weight is 384 g/mol. The number of ether oxygens (including phenoxy) is 1. The van der Waals surface area contributed by atoms with Crippen molar-refractivity contribution in [3.63, 3.8) is 0 Å². The summed E-state index contributed by atoms with van der Waals surface area (Å²) < 4.78 is 5.07. The highest BCUT2D eigenvalue weighted by Gasteiger charge is 2.31. The fourth-order valence-electron chi connectivity index (χ4n) is 3.48. The Morgan fingerprint density at radius 1 is 1.11 bits per heavy atom. The third kappa shape index (κ3) is 4.41. The first kappa shape index (κ1) is 19.2. The summed E-state index contributed by atoms with van der Waals surface area (Å²) in [5, 5.41) is 9.53. The second-order valence-electron chi connectivity index (χ2n) is 6.48. The normalized spacial score (nSPS) is 16.3. The largest absolute Gasteiger partial charge is 0.468 e. The van der Waals surface area contributed by atoms with Crippen LogP contribution < -0.4 is 4.90 Å². The van der Waals surface area contributed by atoms with Crippen LogP contribution in [0.15, 0.2) is 48.5 Å². The maximum Gasteiger partial charge on any atom is 0.327 e. The molecule has 1 fully saturated rings. The van der Waals surface area contributed by atoms with Gasteiger partial charge in [0.2, 0.25) is 0 Å². The Hall–Kier alpha value is -2.55. The van der Waals surface area contributed by atoms with Crippen LogP contribution in [0.2, 0.25) is 5.02 Å². The number of hydrogen-bond acceptors (Lipinski definition) is 5. The van der Waals surface area contributed by atoms with E-state index in [0.29, 0.717) is 17.1 Å². The van der Waals surface area contributed by atoms with Crippen LogP contribution >= 0.6 is 11.6 Å². The molecule has 1 aliphatic heterocycles. The molecule has 1 saturated heterocycles. The molecule has 0 saturated carbocycles. The van der Waals surface area contributed by atoms with Crippen molar-refractivity contribution in [3.05, 3.63) is 64.7 Å². The molecule has 6 heteroatoms. The smallest absolute Gasteiger partial charge is 0.327 e. The fraction of sp³-hybridized carbons (Fsp3) is 0.333. The SMILES string of the molecule is COC(=O)C(c1ccccc1Cl)N1CCCN(c2ccc(C#N)cc2)CC1. The van der Waals surface area contributed by atoms with E-state index in [4.69, 9.17) is 21.6 Å². The summed E-state index contributed by atoms with van der Waals surface area (Å²) in [6.07, 6.45) is 0.915. The summed E-state index contributed by atoms with van der Waals surface area (Å²) in [5.41, 5.74) is 2.51. The number of carbonyl (C=O) groups excluding carboxylic acids is 1. The van der Waals surface area contributed by atoms with Gasteiger partial charge in [-0.15, -0.1) is 0 Å². The molecular weight excluding hydrogens is 362 g/mol. The molecule has 0 radical (unpaired) electrons. The molecule has 1 atom stereocenters. The lowest BCUT2D eigenvalue weighted by Gasteiger charge is -2.29. The molecule has 0 spiro atoms. The van der Waals surface area contributed by atoms with E-state index in [2.05, 4.69) is 15.9 Å². The van der Waals surface area contributed by atoms with Crippen LogP contribution in [0.3, 0.4) is 0 Å². The van der Waals surface area contributed by atoms with E-state index in [-0.39, 0.29) is 5.97 Å². The standard InChI is InChI=1S/C21H22ClN3O2/c1-27-21(26)20(18-5-2-3-6-19(18)22)25-12-4-11-24(13-14-25)17-9-7-16(15-23)8-10-17/h2-3,5-10,20H,4,11-14H2,1H3. The molecule has 0 aliphatic carbocycles. The molecule has 2 aromatic rings. The van der Waals surface area contributed by atoms with Crippen LogP contribution in [-0.2, 0) is 9.53 Å². The van der Waals surface area contributed by atoms with Crippen molar-refractivity contribution in [2.24, 2.45) is 0 Å². The monoisotopic (exact) mass is 383 g/mol. The Kier molecular flexibility index (Phi) is 6.33. The van der Waals surface area contributed by atoms with Crippen molar-refractivity contribution < 1.29 is 9.53 Å². The minimum absolute atomic E-state index is 0.296. The Labute approximate surface area is 164 Å². The van der Waals surface area contributed by atoms with Gasteiger partial charge in [-0.3, -0.25) is 4.90 Å². The van der Waals surface area contributed by atoms with Gasteiger partial charge in [-0.25, -0.2) is 4.79 Å². The topological polar surface area (TPSA) is 56.6 Å². The van der Waals surface area contributed by atoms with Crippen LogP contribution in [0, 0.1) is 11.3 Å². The van der Waals surface area contributed by atoms with Crippen molar-refractivity contribution >= 4 is 23.3 Å². The van der Waals surface area contributed by atoms with E-state index < -0.39 is 6.04 Å². The number of benzene rings is 2. The molecule has 1 heterocycles. The maximum atomic E-state index is 12.5. The van der Waals surface area contributed by atoms with Crippen molar-refractivity contribution in [2.75, 3.05) is 38.2 Å². The molecule has 0 amide bonds. The molecule has 2 aromatic carbocycles. The lowest BCUT2D eigenvalue weighted by Crippen LogP contribution is -2.38. The predicted molar refractivity (Wildman–Crippen MR) is 106 cm³/mol. The third-order valence-electron chi connectivity index (χ3n) is 4.88. The summed E-state index contributed by atoms with van der Waals surface area (Å²) in [6, 6.07) is 16.7. The zero-order valence-corrected chi connectivity index (χ0v) is 16.0. The van der Waals surface area contributed by atoms with Gasteiger partial charge in [-0.1, -0.05) is 29.8 Å². The van der Waals surface area contributed by atoms with Gasteiger partial charge in [0.1, 0.15) is 6.04 Å². The highest BCUT2D eigenvalue weighted by molar-refractivity contribution is 6.31. The van der Waals surface area contributed by atoms with E-state index in [9.17, 15) is 4.79 Å². The summed E-state index contributed by atoms with van der Waals surface area (Å²) in [7, 11) is 1.41. The summed E-state index contributed by atoms with van der Waals surface area (Å²) in [5.74, 6) is -0.296. The first-order chi connectivity index (χ1) is 13.1.